The summed E-state index contributed by atoms with van der Waals surface area (Å²) in [7, 11) is -7.99. The second-order valence-electron chi connectivity index (χ2n) is 5.36. The van der Waals surface area contributed by atoms with E-state index in [-0.39, 0.29) is 17.9 Å². The third kappa shape index (κ3) is 6.25. The van der Waals surface area contributed by atoms with Gasteiger partial charge in [-0.15, -0.1) is 0 Å². The van der Waals surface area contributed by atoms with Crippen LogP contribution in [0.2, 0.25) is 0 Å². The summed E-state index contributed by atoms with van der Waals surface area (Å²) in [5.41, 5.74) is -0.379. The highest BCUT2D eigenvalue weighted by Gasteiger charge is 2.25. The molecule has 0 heterocycles. The molecular formula is C14H21FN2O6S2. The molecule has 25 heavy (non-hydrogen) atoms. The quantitative estimate of drug-likeness (QED) is 0.550. The van der Waals surface area contributed by atoms with Crippen molar-refractivity contribution in [3.8, 4) is 0 Å². The van der Waals surface area contributed by atoms with Gasteiger partial charge >= 0.3 is 5.97 Å². The molecule has 0 aliphatic heterocycles. The van der Waals surface area contributed by atoms with E-state index < -0.39 is 42.8 Å². The summed E-state index contributed by atoms with van der Waals surface area (Å²) < 4.78 is 65.8. The van der Waals surface area contributed by atoms with E-state index in [9.17, 15) is 26.0 Å². The summed E-state index contributed by atoms with van der Waals surface area (Å²) in [5, 5.41) is 9.01. The van der Waals surface area contributed by atoms with Gasteiger partial charge in [0, 0.05) is 0 Å². The number of benzene rings is 1. The highest BCUT2D eigenvalue weighted by molar-refractivity contribution is 7.92. The normalized spacial score (nSPS) is 13.4. The molecule has 8 nitrogen and oxygen atoms in total. The molecular weight excluding hydrogens is 375 g/mol. The smallest absolute Gasteiger partial charge is 0.321 e. The Balaban J connectivity index is 3.07. The van der Waals surface area contributed by atoms with Gasteiger partial charge in [-0.05, 0) is 31.0 Å². The van der Waals surface area contributed by atoms with Crippen LogP contribution in [0.3, 0.4) is 0 Å². The van der Waals surface area contributed by atoms with Crippen molar-refractivity contribution in [1.82, 2.24) is 4.72 Å². The molecule has 142 valence electrons. The number of carboxylic acids is 1. The van der Waals surface area contributed by atoms with Crippen LogP contribution in [-0.4, -0.2) is 39.7 Å². The van der Waals surface area contributed by atoms with Gasteiger partial charge in [0.15, 0.2) is 0 Å². The van der Waals surface area contributed by atoms with Gasteiger partial charge in [-0.25, -0.2) is 21.2 Å². The number of anilines is 1. The van der Waals surface area contributed by atoms with Crippen molar-refractivity contribution in [2.45, 2.75) is 44.0 Å². The van der Waals surface area contributed by atoms with Crippen molar-refractivity contribution in [3.05, 3.63) is 24.0 Å². The van der Waals surface area contributed by atoms with Crippen LogP contribution in [0.15, 0.2) is 23.1 Å². The van der Waals surface area contributed by atoms with Gasteiger partial charge in [-0.1, -0.05) is 20.3 Å². The fraction of sp³-hybridized carbons (Fsp3) is 0.500. The summed E-state index contributed by atoms with van der Waals surface area (Å²) in [4.78, 5) is 10.6. The predicted octanol–water partition coefficient (Wildman–Crippen LogP) is 1.51. The Hall–Kier alpha value is -1.72. The zero-order valence-corrected chi connectivity index (χ0v) is 15.5. The highest BCUT2D eigenvalue weighted by atomic mass is 32.2. The van der Waals surface area contributed by atoms with Gasteiger partial charge in [-0.3, -0.25) is 9.52 Å². The molecule has 1 unspecified atom stereocenters. The van der Waals surface area contributed by atoms with Gasteiger partial charge in [0.25, 0.3) is 0 Å². The average Bonchev–Trinajstić information content (AvgIpc) is 2.48. The maximum Gasteiger partial charge on any atom is 0.321 e. The van der Waals surface area contributed by atoms with E-state index in [1.165, 1.54) is 0 Å². The van der Waals surface area contributed by atoms with E-state index in [1.807, 2.05) is 9.44 Å². The van der Waals surface area contributed by atoms with Crippen LogP contribution in [-0.2, 0) is 24.8 Å². The molecule has 0 aliphatic rings. The standard InChI is InChI=1S/C14H21FN2O6S2/c1-3-5-13(14(18)19)17-25(22,23)10-6-7-12(11(15)9-10)16-24(20,21)8-4-2/h6-7,9,13,16-17H,3-5,8H2,1-2H3,(H,18,19). The average molecular weight is 396 g/mol. The van der Waals surface area contributed by atoms with Crippen LogP contribution in [0.5, 0.6) is 0 Å². The Morgan fingerprint density at radius 1 is 1.20 bits per heavy atom. The SMILES string of the molecule is CCCC(NS(=O)(=O)c1ccc(NS(=O)(=O)CCC)c(F)c1)C(=O)O. The minimum Gasteiger partial charge on any atom is -0.480 e. The van der Waals surface area contributed by atoms with Crippen LogP contribution in [0.4, 0.5) is 10.1 Å². The van der Waals surface area contributed by atoms with Crippen molar-refractivity contribution in [2.75, 3.05) is 10.5 Å². The Labute approximate surface area is 146 Å². The minimum atomic E-state index is -4.27. The lowest BCUT2D eigenvalue weighted by Crippen LogP contribution is -2.40. The monoisotopic (exact) mass is 396 g/mol. The van der Waals surface area contributed by atoms with Crippen LogP contribution < -0.4 is 9.44 Å². The first-order chi connectivity index (χ1) is 11.5. The summed E-state index contributed by atoms with van der Waals surface area (Å²) >= 11 is 0. The molecule has 0 bridgehead atoms. The summed E-state index contributed by atoms with van der Waals surface area (Å²) in [6.45, 7) is 3.34. The molecule has 0 fully saturated rings. The molecule has 0 radical (unpaired) electrons. The van der Waals surface area contributed by atoms with E-state index in [0.29, 0.717) is 18.9 Å². The molecule has 1 atom stereocenters. The molecule has 3 N–H and O–H groups in total. The topological polar surface area (TPSA) is 130 Å². The fourth-order valence-corrected chi connectivity index (χ4v) is 4.39. The van der Waals surface area contributed by atoms with Crippen molar-refractivity contribution in [3.63, 3.8) is 0 Å². The molecule has 0 amide bonds. The lowest BCUT2D eigenvalue weighted by Gasteiger charge is -2.15. The predicted molar refractivity (Wildman–Crippen MR) is 90.8 cm³/mol. The third-order valence-corrected chi connectivity index (χ3v) is 6.11. The third-order valence-electron chi connectivity index (χ3n) is 3.16. The summed E-state index contributed by atoms with van der Waals surface area (Å²) in [6.07, 6.45) is 0.847. The molecule has 1 rings (SSSR count). The zero-order chi connectivity index (χ0) is 19.3. The van der Waals surface area contributed by atoms with Gasteiger partial charge in [-0.2, -0.15) is 4.72 Å². The Bertz CT molecular complexity index is 824. The Kier molecular flexibility index (Phi) is 7.32. The number of nitrogens with one attached hydrogen (secondary N) is 2. The van der Waals surface area contributed by atoms with Crippen LogP contribution in [0.25, 0.3) is 0 Å². The number of carboxylic acid groups (broad SMARTS) is 1. The molecule has 0 aliphatic carbocycles. The molecule has 0 saturated carbocycles. The lowest BCUT2D eigenvalue weighted by molar-refractivity contribution is -0.139. The lowest BCUT2D eigenvalue weighted by atomic mass is 10.2. The first kappa shape index (κ1) is 21.3. The molecule has 0 aromatic heterocycles. The first-order valence-corrected chi connectivity index (χ1v) is 10.7. The number of hydrogen-bond acceptors (Lipinski definition) is 5. The molecule has 11 heteroatoms. The maximum atomic E-state index is 14.1. The van der Waals surface area contributed by atoms with E-state index in [2.05, 4.69) is 0 Å². The zero-order valence-electron chi connectivity index (χ0n) is 13.8. The number of aliphatic carboxylic acids is 1. The van der Waals surface area contributed by atoms with Crippen LogP contribution in [0.1, 0.15) is 33.1 Å². The van der Waals surface area contributed by atoms with Crippen molar-refractivity contribution in [1.29, 1.82) is 0 Å². The molecule has 1 aromatic carbocycles. The first-order valence-electron chi connectivity index (χ1n) is 7.57. The second-order valence-corrected chi connectivity index (χ2v) is 8.92. The Morgan fingerprint density at radius 3 is 2.32 bits per heavy atom. The van der Waals surface area contributed by atoms with E-state index >= 15 is 0 Å². The minimum absolute atomic E-state index is 0.0753. The van der Waals surface area contributed by atoms with Crippen molar-refractivity contribution >= 4 is 31.7 Å². The van der Waals surface area contributed by atoms with E-state index in [1.54, 1.807) is 13.8 Å². The van der Waals surface area contributed by atoms with Gasteiger partial charge in [0.05, 0.1) is 16.3 Å². The van der Waals surface area contributed by atoms with Crippen molar-refractivity contribution in [2.24, 2.45) is 0 Å². The Morgan fingerprint density at radius 2 is 1.84 bits per heavy atom. The number of sulfonamides is 2. The van der Waals surface area contributed by atoms with Crippen LogP contribution in [0, 0.1) is 5.82 Å². The van der Waals surface area contributed by atoms with E-state index in [0.717, 1.165) is 12.1 Å². The summed E-state index contributed by atoms with van der Waals surface area (Å²) in [5.74, 6) is -2.62. The number of halogens is 1. The molecule has 0 spiro atoms. The maximum absolute atomic E-state index is 14.1. The number of rotatable bonds is 10. The molecule has 1 aromatic rings. The van der Waals surface area contributed by atoms with Crippen LogP contribution >= 0.6 is 0 Å². The van der Waals surface area contributed by atoms with Gasteiger partial charge in [0.1, 0.15) is 11.9 Å². The number of carbonyl (C=O) groups is 1. The largest absolute Gasteiger partial charge is 0.480 e. The molecule has 0 saturated heterocycles. The van der Waals surface area contributed by atoms with E-state index in [4.69, 9.17) is 5.11 Å². The summed E-state index contributed by atoms with van der Waals surface area (Å²) in [6, 6.07) is 1.28. The highest BCUT2D eigenvalue weighted by Crippen LogP contribution is 2.21. The number of hydrogen-bond donors (Lipinski definition) is 3. The van der Waals surface area contributed by atoms with Gasteiger partial charge < -0.3 is 5.11 Å². The van der Waals surface area contributed by atoms with Gasteiger partial charge in [0.2, 0.25) is 20.0 Å². The second kappa shape index (κ2) is 8.59. The van der Waals surface area contributed by atoms with Crippen molar-refractivity contribution < 1.29 is 31.1 Å². The fourth-order valence-electron chi connectivity index (χ4n) is 2.01.